The first-order valence-electron chi connectivity index (χ1n) is 15.8. The molecule has 232 valence electrons. The highest BCUT2D eigenvalue weighted by atomic mass is 16.5. The van der Waals surface area contributed by atoms with Crippen molar-refractivity contribution in [3.63, 3.8) is 0 Å². The average Bonchev–Trinajstić information content (AvgIpc) is 3.64. The van der Waals surface area contributed by atoms with Crippen molar-refractivity contribution >= 4 is 17.6 Å². The van der Waals surface area contributed by atoms with E-state index in [1.807, 2.05) is 65.6 Å². The fraction of sp³-hybridized carbons (Fsp3) is 0.333. The third-order valence-electron chi connectivity index (χ3n) is 8.76. The number of likely N-dealkylation sites (tertiary alicyclic amines) is 2. The van der Waals surface area contributed by atoms with Crippen molar-refractivity contribution in [2.24, 2.45) is 0 Å². The molecule has 0 saturated carbocycles. The first-order valence-corrected chi connectivity index (χ1v) is 15.8. The number of hydrogen-bond donors (Lipinski definition) is 2. The fourth-order valence-electron chi connectivity index (χ4n) is 6.12. The first-order chi connectivity index (χ1) is 22.0. The van der Waals surface area contributed by atoms with Gasteiger partial charge in [-0.15, -0.1) is 0 Å². The smallest absolute Gasteiger partial charge is 0.253 e. The van der Waals surface area contributed by atoms with Gasteiger partial charge in [-0.2, -0.15) is 0 Å². The van der Waals surface area contributed by atoms with Gasteiger partial charge in [0.25, 0.3) is 11.8 Å². The van der Waals surface area contributed by atoms with Gasteiger partial charge in [0.15, 0.2) is 11.6 Å². The van der Waals surface area contributed by atoms with E-state index in [1.54, 1.807) is 24.5 Å². The molecule has 0 bridgehead atoms. The van der Waals surface area contributed by atoms with Crippen LogP contribution in [-0.2, 0) is 13.0 Å². The zero-order valence-corrected chi connectivity index (χ0v) is 25.5. The van der Waals surface area contributed by atoms with Crippen LogP contribution >= 0.6 is 0 Å². The van der Waals surface area contributed by atoms with Crippen LogP contribution in [0, 0.1) is 0 Å². The number of aromatic nitrogens is 2. The van der Waals surface area contributed by atoms with Gasteiger partial charge in [-0.3, -0.25) is 14.6 Å². The summed E-state index contributed by atoms with van der Waals surface area (Å²) >= 11 is 0. The predicted octanol–water partition coefficient (Wildman–Crippen LogP) is 4.98. The van der Waals surface area contributed by atoms with E-state index in [4.69, 9.17) is 10.5 Å². The van der Waals surface area contributed by atoms with Crippen LogP contribution in [0.1, 0.15) is 57.7 Å². The Morgan fingerprint density at radius 2 is 1.60 bits per heavy atom. The minimum atomic E-state index is -0.130. The Labute approximate surface area is 264 Å². The molecule has 4 aromatic rings. The Bertz CT molecular complexity index is 1580. The van der Waals surface area contributed by atoms with Gasteiger partial charge in [0, 0.05) is 66.9 Å². The van der Waals surface area contributed by atoms with Crippen molar-refractivity contribution < 1.29 is 14.3 Å². The molecule has 4 heterocycles. The fourth-order valence-corrected chi connectivity index (χ4v) is 6.12. The third kappa shape index (κ3) is 7.67. The molecule has 45 heavy (non-hydrogen) atoms. The van der Waals surface area contributed by atoms with Crippen LogP contribution in [-0.4, -0.2) is 70.3 Å². The molecule has 0 atom stereocenters. The Morgan fingerprint density at radius 3 is 2.31 bits per heavy atom. The number of rotatable bonds is 10. The van der Waals surface area contributed by atoms with Crippen molar-refractivity contribution in [1.29, 1.82) is 0 Å². The van der Waals surface area contributed by atoms with Crippen LogP contribution < -0.4 is 15.8 Å². The number of nitrogen functional groups attached to an aromatic ring is 1. The molecule has 0 unspecified atom stereocenters. The lowest BCUT2D eigenvalue weighted by atomic mass is 10.0. The number of anilines is 1. The largest absolute Gasteiger partial charge is 0.485 e. The third-order valence-corrected chi connectivity index (χ3v) is 8.76. The molecule has 2 amide bonds. The summed E-state index contributed by atoms with van der Waals surface area (Å²) in [4.78, 5) is 38.9. The maximum absolute atomic E-state index is 13.2. The van der Waals surface area contributed by atoms with Crippen molar-refractivity contribution in [2.45, 2.75) is 44.8 Å². The zero-order valence-electron chi connectivity index (χ0n) is 25.5. The highest BCUT2D eigenvalue weighted by Gasteiger charge is 2.28. The Kier molecular flexibility index (Phi) is 9.65. The summed E-state index contributed by atoms with van der Waals surface area (Å²) in [7, 11) is 0. The van der Waals surface area contributed by atoms with E-state index in [0.717, 1.165) is 48.3 Å². The molecule has 6 rings (SSSR count). The standard InChI is InChI=1S/C36H40N6O3/c37-34-33(45-25-26-6-8-28(9-7-26)35(43)39-18-14-31-5-1-2-17-38-31)23-30(24-40-34)27-10-12-29(13-11-27)36(44)42-21-15-32(16-22-42)41-19-3-4-20-41/h1-2,5-13,17,23-24,32H,3-4,14-16,18-22,25H2,(H2,37,40)(H,39,43). The summed E-state index contributed by atoms with van der Waals surface area (Å²) in [5, 5.41) is 2.93. The lowest BCUT2D eigenvalue weighted by molar-refractivity contribution is 0.0644. The number of hydrogen-bond acceptors (Lipinski definition) is 7. The number of ether oxygens (including phenoxy) is 1. The van der Waals surface area contributed by atoms with E-state index in [2.05, 4.69) is 20.2 Å². The summed E-state index contributed by atoms with van der Waals surface area (Å²) in [5.41, 5.74) is 11.0. The second-order valence-corrected chi connectivity index (χ2v) is 11.8. The van der Waals surface area contributed by atoms with Gasteiger partial charge in [0.2, 0.25) is 0 Å². The summed E-state index contributed by atoms with van der Waals surface area (Å²) < 4.78 is 6.03. The number of benzene rings is 2. The molecule has 2 aromatic heterocycles. The number of pyridine rings is 2. The van der Waals surface area contributed by atoms with E-state index < -0.39 is 0 Å². The second kappa shape index (κ2) is 14.3. The van der Waals surface area contributed by atoms with Gasteiger partial charge in [-0.1, -0.05) is 30.3 Å². The molecule has 0 aliphatic carbocycles. The normalized spacial score (nSPS) is 15.6. The quantitative estimate of drug-likeness (QED) is 0.263. The number of amides is 2. The van der Waals surface area contributed by atoms with Gasteiger partial charge >= 0.3 is 0 Å². The molecule has 2 saturated heterocycles. The minimum absolute atomic E-state index is 0.0915. The summed E-state index contributed by atoms with van der Waals surface area (Å²) in [5.74, 6) is 0.736. The first kappa shape index (κ1) is 30.3. The van der Waals surface area contributed by atoms with Crippen molar-refractivity contribution in [2.75, 3.05) is 38.5 Å². The maximum Gasteiger partial charge on any atom is 0.253 e. The molecular weight excluding hydrogens is 564 g/mol. The SMILES string of the molecule is Nc1ncc(-c2ccc(C(=O)N3CCC(N4CCCC4)CC3)cc2)cc1OCc1ccc(C(=O)NCCc2ccccn2)cc1. The van der Waals surface area contributed by atoms with Gasteiger partial charge in [-0.25, -0.2) is 4.98 Å². The van der Waals surface area contributed by atoms with E-state index in [0.29, 0.717) is 41.7 Å². The van der Waals surface area contributed by atoms with Crippen molar-refractivity contribution in [3.8, 4) is 16.9 Å². The van der Waals surface area contributed by atoms with E-state index in [1.165, 1.54) is 25.9 Å². The lowest BCUT2D eigenvalue weighted by Gasteiger charge is -2.36. The van der Waals surface area contributed by atoms with E-state index >= 15 is 0 Å². The molecular formula is C36H40N6O3. The highest BCUT2D eigenvalue weighted by Crippen LogP contribution is 2.29. The summed E-state index contributed by atoms with van der Waals surface area (Å²) in [6, 6.07) is 23.2. The second-order valence-electron chi connectivity index (χ2n) is 11.8. The number of nitrogens with two attached hydrogens (primary N) is 1. The van der Waals surface area contributed by atoms with Gasteiger partial charge in [-0.05, 0) is 92.4 Å². The molecule has 3 N–H and O–H groups in total. The molecule has 2 aliphatic heterocycles. The van der Waals surface area contributed by atoms with Crippen LogP contribution in [0.2, 0.25) is 0 Å². The summed E-state index contributed by atoms with van der Waals surface area (Å²) in [6.07, 6.45) is 8.83. The lowest BCUT2D eigenvalue weighted by Crippen LogP contribution is -2.45. The number of piperidine rings is 1. The molecule has 2 aliphatic rings. The van der Waals surface area contributed by atoms with E-state index in [-0.39, 0.29) is 18.4 Å². The number of carbonyl (C=O) groups is 2. The Morgan fingerprint density at radius 1 is 0.867 bits per heavy atom. The molecule has 9 heteroatoms. The van der Waals surface area contributed by atoms with Crippen molar-refractivity contribution in [3.05, 3.63) is 108 Å². The Hall–Kier alpha value is -4.76. The number of carbonyl (C=O) groups excluding carboxylic acids is 2. The molecule has 9 nitrogen and oxygen atoms in total. The van der Waals surface area contributed by atoms with E-state index in [9.17, 15) is 9.59 Å². The highest BCUT2D eigenvalue weighted by molar-refractivity contribution is 5.95. The predicted molar refractivity (Wildman–Crippen MR) is 175 cm³/mol. The van der Waals surface area contributed by atoms with Crippen LogP contribution in [0.15, 0.2) is 85.2 Å². The monoisotopic (exact) mass is 604 g/mol. The zero-order chi connectivity index (χ0) is 31.0. The minimum Gasteiger partial charge on any atom is -0.485 e. The summed E-state index contributed by atoms with van der Waals surface area (Å²) in [6.45, 7) is 4.82. The number of nitrogens with zero attached hydrogens (tertiary/aromatic N) is 4. The van der Waals surface area contributed by atoms with Crippen LogP contribution in [0.25, 0.3) is 11.1 Å². The van der Waals surface area contributed by atoms with Crippen molar-refractivity contribution in [1.82, 2.24) is 25.1 Å². The van der Waals surface area contributed by atoms with Gasteiger partial charge in [0.05, 0.1) is 0 Å². The van der Waals surface area contributed by atoms with Crippen LogP contribution in [0.3, 0.4) is 0 Å². The molecule has 0 spiro atoms. The topological polar surface area (TPSA) is 114 Å². The van der Waals surface area contributed by atoms with Gasteiger partial charge in [0.1, 0.15) is 6.61 Å². The van der Waals surface area contributed by atoms with Crippen LogP contribution in [0.4, 0.5) is 5.82 Å². The molecule has 0 radical (unpaired) electrons. The van der Waals surface area contributed by atoms with Gasteiger partial charge < -0.3 is 25.6 Å². The molecule has 2 fully saturated rings. The maximum atomic E-state index is 13.2. The van der Waals surface area contributed by atoms with Crippen LogP contribution in [0.5, 0.6) is 5.75 Å². The molecule has 2 aromatic carbocycles. The number of nitrogens with one attached hydrogen (secondary N) is 1. The average molecular weight is 605 g/mol. The Balaban J connectivity index is 1.01.